The Hall–Kier alpha value is -2.22. The number of nitrogens with zero attached hydrogens (tertiary/aromatic N) is 3. The molecule has 4 rings (SSSR count). The van der Waals surface area contributed by atoms with E-state index in [1.54, 1.807) is 11.3 Å². The number of hydrogen-bond donors (Lipinski definition) is 0. The van der Waals surface area contributed by atoms with Crippen molar-refractivity contribution in [3.63, 3.8) is 0 Å². The summed E-state index contributed by atoms with van der Waals surface area (Å²) in [6.07, 6.45) is 1.11. The van der Waals surface area contributed by atoms with Crippen molar-refractivity contribution in [1.29, 1.82) is 0 Å². The van der Waals surface area contributed by atoms with Gasteiger partial charge in [0.2, 0.25) is 5.82 Å². The first kappa shape index (κ1) is 22.0. The number of hydrogen-bond acceptors (Lipinski definition) is 7. The van der Waals surface area contributed by atoms with Gasteiger partial charge in [0.25, 0.3) is 5.89 Å². The molecule has 166 valence electrons. The summed E-state index contributed by atoms with van der Waals surface area (Å²) in [5, 5.41) is 4.27. The molecule has 0 saturated carbocycles. The molecule has 1 aliphatic rings. The Balaban J connectivity index is 1.56. The van der Waals surface area contributed by atoms with E-state index in [1.165, 1.54) is 10.4 Å². The van der Waals surface area contributed by atoms with Gasteiger partial charge < -0.3 is 14.0 Å². The Morgan fingerprint density at radius 3 is 2.58 bits per heavy atom. The molecule has 0 radical (unpaired) electrons. The predicted molar refractivity (Wildman–Crippen MR) is 124 cm³/mol. The van der Waals surface area contributed by atoms with Gasteiger partial charge in [-0.2, -0.15) is 4.98 Å². The highest BCUT2D eigenvalue weighted by molar-refractivity contribution is 7.15. The van der Waals surface area contributed by atoms with E-state index >= 15 is 0 Å². The van der Waals surface area contributed by atoms with Crippen LogP contribution in [0.5, 0.6) is 5.75 Å². The number of benzene rings is 1. The summed E-state index contributed by atoms with van der Waals surface area (Å²) in [7, 11) is 0. The zero-order valence-corrected chi connectivity index (χ0v) is 19.8. The third-order valence-corrected chi connectivity index (χ3v) is 6.94. The number of thiophene rings is 1. The third kappa shape index (κ3) is 5.00. The number of ether oxygens (including phenoxy) is 2. The van der Waals surface area contributed by atoms with Crippen molar-refractivity contribution in [3.8, 4) is 27.9 Å². The van der Waals surface area contributed by atoms with Crippen LogP contribution >= 0.6 is 11.3 Å². The number of aromatic nitrogens is 2. The van der Waals surface area contributed by atoms with Crippen LogP contribution in [0.2, 0.25) is 0 Å². The number of epoxide rings is 1. The minimum absolute atomic E-state index is 0.240. The monoisotopic (exact) mass is 441 g/mol. The normalized spacial score (nSPS) is 15.6. The molecule has 2 aromatic heterocycles. The van der Waals surface area contributed by atoms with Crippen molar-refractivity contribution in [2.75, 3.05) is 26.3 Å². The molecule has 1 atom stereocenters. The molecule has 0 aliphatic carbocycles. The second-order valence-corrected chi connectivity index (χ2v) is 9.14. The molecule has 0 bridgehead atoms. The Kier molecular flexibility index (Phi) is 6.74. The minimum Gasteiger partial charge on any atom is -0.490 e. The first-order chi connectivity index (χ1) is 15.0. The molecule has 1 unspecified atom stereocenters. The second kappa shape index (κ2) is 9.51. The molecular weight excluding hydrogens is 410 g/mol. The quantitative estimate of drug-likeness (QED) is 0.400. The van der Waals surface area contributed by atoms with Gasteiger partial charge in [-0.05, 0) is 68.2 Å². The van der Waals surface area contributed by atoms with Crippen molar-refractivity contribution in [1.82, 2.24) is 15.0 Å². The summed E-state index contributed by atoms with van der Waals surface area (Å²) in [5.41, 5.74) is 4.46. The van der Waals surface area contributed by atoms with Crippen molar-refractivity contribution >= 4 is 11.3 Å². The smallest absolute Gasteiger partial charge is 0.268 e. The summed E-state index contributed by atoms with van der Waals surface area (Å²) >= 11 is 1.74. The maximum atomic E-state index is 6.02. The molecule has 1 fully saturated rings. The molecule has 1 saturated heterocycles. The van der Waals surface area contributed by atoms with E-state index in [9.17, 15) is 0 Å². The highest BCUT2D eigenvalue weighted by atomic mass is 32.1. The molecule has 3 heterocycles. The van der Waals surface area contributed by atoms with Crippen LogP contribution in [0.25, 0.3) is 22.2 Å². The highest BCUT2D eigenvalue weighted by Gasteiger charge is 2.24. The van der Waals surface area contributed by atoms with Gasteiger partial charge in [-0.3, -0.25) is 4.90 Å². The molecule has 1 aromatic carbocycles. The van der Waals surface area contributed by atoms with E-state index < -0.39 is 0 Å². The van der Waals surface area contributed by atoms with Crippen LogP contribution in [-0.4, -0.2) is 47.4 Å². The standard InChI is InChI=1S/C24H31N3O3S/c1-6-17-11-18(9-16(5)22(17)29-14-19-13-28-19)23-25-24(30-26-23)20-10-15(4)21(31-20)12-27(7-2)8-3/h9-11,19H,6-8,12-14H2,1-5H3. The largest absolute Gasteiger partial charge is 0.490 e. The lowest BCUT2D eigenvalue weighted by Gasteiger charge is -2.17. The Bertz CT molecular complexity index is 1030. The van der Waals surface area contributed by atoms with Crippen LogP contribution in [0.4, 0.5) is 0 Å². The van der Waals surface area contributed by atoms with Crippen LogP contribution < -0.4 is 4.74 Å². The molecule has 1 aliphatic heterocycles. The molecule has 3 aromatic rings. The maximum Gasteiger partial charge on any atom is 0.268 e. The number of aryl methyl sites for hydroxylation is 3. The summed E-state index contributed by atoms with van der Waals surface area (Å²) < 4.78 is 16.9. The van der Waals surface area contributed by atoms with Gasteiger partial charge in [-0.15, -0.1) is 11.3 Å². The Labute approximate surface area is 188 Å². The van der Waals surface area contributed by atoms with E-state index in [0.29, 0.717) is 18.3 Å². The second-order valence-electron chi connectivity index (χ2n) is 8.00. The van der Waals surface area contributed by atoms with E-state index in [0.717, 1.165) is 60.0 Å². The van der Waals surface area contributed by atoms with E-state index in [2.05, 4.69) is 62.9 Å². The van der Waals surface area contributed by atoms with Crippen LogP contribution in [0, 0.1) is 13.8 Å². The fourth-order valence-electron chi connectivity index (χ4n) is 3.66. The fraction of sp³-hybridized carbons (Fsp3) is 0.500. The van der Waals surface area contributed by atoms with Gasteiger partial charge in [0.1, 0.15) is 18.5 Å². The Morgan fingerprint density at radius 1 is 1.13 bits per heavy atom. The first-order valence-electron chi connectivity index (χ1n) is 11.1. The molecule has 0 N–H and O–H groups in total. The average molecular weight is 442 g/mol. The van der Waals surface area contributed by atoms with Crippen molar-refractivity contribution in [2.45, 2.75) is 53.7 Å². The Morgan fingerprint density at radius 2 is 1.90 bits per heavy atom. The number of rotatable bonds is 10. The molecule has 0 amide bonds. The SMILES string of the molecule is CCc1cc(-c2noc(-c3cc(C)c(CN(CC)CC)s3)n2)cc(C)c1OCC1CO1. The van der Waals surface area contributed by atoms with Crippen LogP contribution in [0.1, 0.15) is 42.3 Å². The van der Waals surface area contributed by atoms with Gasteiger partial charge >= 0.3 is 0 Å². The third-order valence-electron chi connectivity index (χ3n) is 5.73. The predicted octanol–water partition coefficient (Wildman–Crippen LogP) is 5.26. The van der Waals surface area contributed by atoms with Gasteiger partial charge in [-0.1, -0.05) is 25.9 Å². The van der Waals surface area contributed by atoms with Crippen molar-refractivity contribution in [2.24, 2.45) is 0 Å². The summed E-state index contributed by atoms with van der Waals surface area (Å²) in [4.78, 5) is 9.50. The zero-order chi connectivity index (χ0) is 22.0. The maximum absolute atomic E-state index is 6.02. The van der Waals surface area contributed by atoms with Crippen molar-refractivity contribution < 1.29 is 14.0 Å². The molecular formula is C24H31N3O3S. The summed E-state index contributed by atoms with van der Waals surface area (Å²) in [6, 6.07) is 6.33. The highest BCUT2D eigenvalue weighted by Crippen LogP contribution is 2.34. The molecule has 31 heavy (non-hydrogen) atoms. The molecule has 0 spiro atoms. The first-order valence-corrected chi connectivity index (χ1v) is 11.9. The van der Waals surface area contributed by atoms with E-state index in [4.69, 9.17) is 19.0 Å². The van der Waals surface area contributed by atoms with Gasteiger partial charge in [0.05, 0.1) is 11.5 Å². The fourth-order valence-corrected chi connectivity index (χ4v) is 4.80. The van der Waals surface area contributed by atoms with Gasteiger partial charge in [0.15, 0.2) is 0 Å². The van der Waals surface area contributed by atoms with Crippen LogP contribution in [0.3, 0.4) is 0 Å². The van der Waals surface area contributed by atoms with Gasteiger partial charge in [0, 0.05) is 17.0 Å². The lowest BCUT2D eigenvalue weighted by molar-refractivity contribution is 0.260. The lowest BCUT2D eigenvalue weighted by Crippen LogP contribution is -2.21. The average Bonchev–Trinajstić information content (AvgIpc) is 3.33. The minimum atomic E-state index is 0.240. The van der Waals surface area contributed by atoms with E-state index in [-0.39, 0.29) is 6.10 Å². The molecule has 6 nitrogen and oxygen atoms in total. The van der Waals surface area contributed by atoms with E-state index in [1.807, 2.05) is 0 Å². The summed E-state index contributed by atoms with van der Waals surface area (Å²) in [5.74, 6) is 2.14. The zero-order valence-electron chi connectivity index (χ0n) is 19.0. The topological polar surface area (TPSA) is 63.9 Å². The van der Waals surface area contributed by atoms with Gasteiger partial charge in [-0.25, -0.2) is 0 Å². The molecule has 7 heteroatoms. The van der Waals surface area contributed by atoms with Crippen molar-refractivity contribution in [3.05, 3.63) is 39.8 Å². The van der Waals surface area contributed by atoms with Crippen LogP contribution in [0.15, 0.2) is 22.7 Å². The summed E-state index contributed by atoms with van der Waals surface area (Å²) in [6.45, 7) is 15.2. The lowest BCUT2D eigenvalue weighted by atomic mass is 10.0. The van der Waals surface area contributed by atoms with Crippen LogP contribution in [-0.2, 0) is 17.7 Å².